The van der Waals surface area contributed by atoms with E-state index in [1.807, 2.05) is 12.3 Å². The summed E-state index contributed by atoms with van der Waals surface area (Å²) in [6, 6.07) is 2.24. The fraction of sp³-hybridized carbons (Fsp3) is 0.300. The first-order chi connectivity index (χ1) is 6.22. The van der Waals surface area contributed by atoms with Crippen molar-refractivity contribution in [3.63, 3.8) is 0 Å². The second kappa shape index (κ2) is 4.82. The van der Waals surface area contributed by atoms with Crippen molar-refractivity contribution in [1.29, 1.82) is 0 Å². The molecule has 0 aliphatic rings. The summed E-state index contributed by atoms with van der Waals surface area (Å²) in [5.41, 5.74) is 1.27. The summed E-state index contributed by atoms with van der Waals surface area (Å²) >= 11 is 1.67. The van der Waals surface area contributed by atoms with E-state index in [0.717, 1.165) is 6.42 Å². The van der Waals surface area contributed by atoms with Crippen molar-refractivity contribution in [3.05, 3.63) is 35.0 Å². The van der Waals surface area contributed by atoms with Gasteiger partial charge in [-0.3, -0.25) is 4.79 Å². The minimum atomic E-state index is -0.109. The lowest BCUT2D eigenvalue weighted by Gasteiger charge is -2.10. The van der Waals surface area contributed by atoms with Crippen LogP contribution in [0, 0.1) is 0 Å². The van der Waals surface area contributed by atoms with Gasteiger partial charge in [-0.05, 0) is 41.8 Å². The van der Waals surface area contributed by atoms with Crippen LogP contribution in [0.4, 0.5) is 0 Å². The molecule has 1 aromatic heterocycles. The van der Waals surface area contributed by atoms with Gasteiger partial charge in [0.2, 0.25) is 5.91 Å². The molecule has 3 heteroatoms. The van der Waals surface area contributed by atoms with Crippen LogP contribution in [0.2, 0.25) is 0 Å². The van der Waals surface area contributed by atoms with E-state index >= 15 is 0 Å². The third-order valence-electron chi connectivity index (χ3n) is 1.70. The number of carbonyl (C=O) groups excluding carboxylic acids is 1. The Balaban J connectivity index is 2.37. The van der Waals surface area contributed by atoms with Gasteiger partial charge < -0.3 is 5.32 Å². The van der Waals surface area contributed by atoms with Crippen molar-refractivity contribution >= 4 is 17.2 Å². The lowest BCUT2D eigenvalue weighted by Crippen LogP contribution is -2.32. The van der Waals surface area contributed by atoms with Crippen LogP contribution in [0.5, 0.6) is 0 Å². The van der Waals surface area contributed by atoms with Crippen molar-refractivity contribution in [2.24, 2.45) is 0 Å². The maximum absolute atomic E-state index is 10.9. The van der Waals surface area contributed by atoms with Crippen LogP contribution in [0.15, 0.2) is 29.5 Å². The summed E-state index contributed by atoms with van der Waals surface area (Å²) in [6.07, 6.45) is 2.17. The van der Waals surface area contributed by atoms with E-state index in [1.54, 1.807) is 11.3 Å². The number of thiophene rings is 1. The van der Waals surface area contributed by atoms with Gasteiger partial charge in [0.25, 0.3) is 0 Å². The molecule has 1 unspecified atom stereocenters. The van der Waals surface area contributed by atoms with Crippen molar-refractivity contribution in [3.8, 4) is 0 Å². The molecule has 1 aromatic rings. The Morgan fingerprint density at radius 2 is 2.62 bits per heavy atom. The Bertz CT molecular complexity index is 279. The summed E-state index contributed by atoms with van der Waals surface area (Å²) in [7, 11) is 0. The lowest BCUT2D eigenvalue weighted by molar-refractivity contribution is -0.117. The molecule has 0 aromatic carbocycles. The minimum Gasteiger partial charge on any atom is -0.350 e. The standard InChI is InChI=1S/C10H13NOS/c1-3-10(12)11-8(2)6-9-4-5-13-7-9/h3-5,7-8H,1,6H2,2H3,(H,11,12). The molecule has 0 aliphatic carbocycles. The number of nitrogens with one attached hydrogen (secondary N) is 1. The molecule has 1 N–H and O–H groups in total. The van der Waals surface area contributed by atoms with Crippen LogP contribution in [0.3, 0.4) is 0 Å². The molecule has 2 nitrogen and oxygen atoms in total. The van der Waals surface area contributed by atoms with Gasteiger partial charge in [0.15, 0.2) is 0 Å². The van der Waals surface area contributed by atoms with Crippen LogP contribution >= 0.6 is 11.3 Å². The average Bonchev–Trinajstić information content (AvgIpc) is 2.56. The number of rotatable bonds is 4. The molecule has 0 fully saturated rings. The van der Waals surface area contributed by atoms with Gasteiger partial charge in [-0.15, -0.1) is 0 Å². The molecule has 1 atom stereocenters. The second-order valence-electron chi connectivity index (χ2n) is 2.95. The third kappa shape index (κ3) is 3.42. The van der Waals surface area contributed by atoms with Gasteiger partial charge in [0, 0.05) is 6.04 Å². The van der Waals surface area contributed by atoms with E-state index in [1.165, 1.54) is 11.6 Å². The largest absolute Gasteiger partial charge is 0.350 e. The first kappa shape index (κ1) is 9.99. The number of amides is 1. The zero-order chi connectivity index (χ0) is 9.68. The van der Waals surface area contributed by atoms with Crippen LogP contribution in [0.1, 0.15) is 12.5 Å². The van der Waals surface area contributed by atoms with Gasteiger partial charge >= 0.3 is 0 Å². The summed E-state index contributed by atoms with van der Waals surface area (Å²) in [5.74, 6) is -0.109. The van der Waals surface area contributed by atoms with Crippen LogP contribution in [-0.2, 0) is 11.2 Å². The molecule has 1 rings (SSSR count). The summed E-state index contributed by atoms with van der Waals surface area (Å²) < 4.78 is 0. The fourth-order valence-electron chi connectivity index (χ4n) is 1.12. The van der Waals surface area contributed by atoms with Crippen LogP contribution in [-0.4, -0.2) is 11.9 Å². The molecule has 0 spiro atoms. The summed E-state index contributed by atoms with van der Waals surface area (Å²) in [4.78, 5) is 10.9. The molecular formula is C10H13NOS. The Kier molecular flexibility index (Phi) is 3.71. The molecular weight excluding hydrogens is 182 g/mol. The highest BCUT2D eigenvalue weighted by atomic mass is 32.1. The van der Waals surface area contributed by atoms with E-state index in [2.05, 4.69) is 23.3 Å². The molecule has 0 bridgehead atoms. The van der Waals surface area contributed by atoms with Gasteiger partial charge in [0.05, 0.1) is 0 Å². The minimum absolute atomic E-state index is 0.109. The Labute approximate surface area is 82.3 Å². The van der Waals surface area contributed by atoms with Crippen LogP contribution < -0.4 is 5.32 Å². The van der Waals surface area contributed by atoms with Crippen molar-refractivity contribution < 1.29 is 4.79 Å². The van der Waals surface area contributed by atoms with E-state index in [0.29, 0.717) is 0 Å². The zero-order valence-corrected chi connectivity index (χ0v) is 8.43. The fourth-order valence-corrected chi connectivity index (χ4v) is 1.80. The monoisotopic (exact) mass is 195 g/mol. The van der Waals surface area contributed by atoms with Crippen molar-refractivity contribution in [2.45, 2.75) is 19.4 Å². The molecule has 0 radical (unpaired) electrons. The zero-order valence-electron chi connectivity index (χ0n) is 7.62. The van der Waals surface area contributed by atoms with Gasteiger partial charge in [-0.2, -0.15) is 11.3 Å². The Hall–Kier alpha value is -1.09. The summed E-state index contributed by atoms with van der Waals surface area (Å²) in [6.45, 7) is 5.39. The molecule has 0 saturated carbocycles. The Morgan fingerprint density at radius 3 is 3.15 bits per heavy atom. The van der Waals surface area contributed by atoms with Gasteiger partial charge in [-0.1, -0.05) is 6.58 Å². The summed E-state index contributed by atoms with van der Waals surface area (Å²) in [5, 5.41) is 6.95. The first-order valence-electron chi connectivity index (χ1n) is 4.16. The maximum Gasteiger partial charge on any atom is 0.243 e. The van der Waals surface area contributed by atoms with Crippen LogP contribution in [0.25, 0.3) is 0 Å². The van der Waals surface area contributed by atoms with E-state index in [-0.39, 0.29) is 11.9 Å². The van der Waals surface area contributed by atoms with E-state index in [9.17, 15) is 4.79 Å². The normalized spacial score (nSPS) is 12.1. The van der Waals surface area contributed by atoms with Crippen molar-refractivity contribution in [1.82, 2.24) is 5.32 Å². The van der Waals surface area contributed by atoms with E-state index < -0.39 is 0 Å². The highest BCUT2D eigenvalue weighted by molar-refractivity contribution is 7.07. The first-order valence-corrected chi connectivity index (χ1v) is 5.10. The number of hydrogen-bond donors (Lipinski definition) is 1. The molecule has 13 heavy (non-hydrogen) atoms. The lowest BCUT2D eigenvalue weighted by atomic mass is 10.1. The number of carbonyl (C=O) groups is 1. The van der Waals surface area contributed by atoms with E-state index in [4.69, 9.17) is 0 Å². The number of hydrogen-bond acceptors (Lipinski definition) is 2. The predicted molar refractivity (Wildman–Crippen MR) is 55.8 cm³/mol. The molecule has 70 valence electrons. The quantitative estimate of drug-likeness (QED) is 0.731. The third-order valence-corrected chi connectivity index (χ3v) is 2.43. The second-order valence-corrected chi connectivity index (χ2v) is 3.73. The highest BCUT2D eigenvalue weighted by Gasteiger charge is 2.04. The SMILES string of the molecule is C=CC(=O)NC(C)Cc1ccsc1. The van der Waals surface area contributed by atoms with Gasteiger partial charge in [-0.25, -0.2) is 0 Å². The maximum atomic E-state index is 10.9. The van der Waals surface area contributed by atoms with Gasteiger partial charge in [0.1, 0.15) is 0 Å². The highest BCUT2D eigenvalue weighted by Crippen LogP contribution is 2.08. The Morgan fingerprint density at radius 1 is 1.85 bits per heavy atom. The molecule has 0 saturated heterocycles. The average molecular weight is 195 g/mol. The topological polar surface area (TPSA) is 29.1 Å². The molecule has 1 amide bonds. The smallest absolute Gasteiger partial charge is 0.243 e. The molecule has 0 aliphatic heterocycles. The predicted octanol–water partition coefficient (Wildman–Crippen LogP) is 1.98. The van der Waals surface area contributed by atoms with Crippen molar-refractivity contribution in [2.75, 3.05) is 0 Å². The molecule has 1 heterocycles.